The number of nitrogens with zero attached hydrogens (tertiary/aromatic N) is 3. The summed E-state index contributed by atoms with van der Waals surface area (Å²) in [6.07, 6.45) is 4.17. The Bertz CT molecular complexity index is 1140. The Kier molecular flexibility index (Phi) is 5.38. The van der Waals surface area contributed by atoms with Gasteiger partial charge in [0.05, 0.1) is 18.7 Å². The molecule has 1 aliphatic carbocycles. The number of nitrogens with one attached hydrogen (secondary N) is 1. The first-order valence-electron chi connectivity index (χ1n) is 12.0. The maximum atomic E-state index is 13.3. The van der Waals surface area contributed by atoms with Crippen molar-refractivity contribution < 1.29 is 13.9 Å². The molecule has 2 bridgehead atoms. The van der Waals surface area contributed by atoms with Gasteiger partial charge in [0.1, 0.15) is 5.82 Å². The number of para-hydroxylation sites is 1. The van der Waals surface area contributed by atoms with Crippen LogP contribution in [-0.2, 0) is 17.8 Å². The van der Waals surface area contributed by atoms with E-state index in [2.05, 4.69) is 16.3 Å². The lowest BCUT2D eigenvalue weighted by Crippen LogP contribution is -2.60. The molecule has 1 aromatic heterocycles. The zero-order valence-electron chi connectivity index (χ0n) is 18.6. The molecule has 2 aliphatic heterocycles. The van der Waals surface area contributed by atoms with E-state index in [9.17, 15) is 9.18 Å². The minimum Gasteiger partial charge on any atom is -0.378 e. The van der Waals surface area contributed by atoms with Crippen molar-refractivity contribution >= 4 is 16.8 Å². The van der Waals surface area contributed by atoms with Crippen LogP contribution in [0.4, 0.5) is 4.39 Å². The van der Waals surface area contributed by atoms with Gasteiger partial charge in [0, 0.05) is 36.6 Å². The second kappa shape index (κ2) is 8.54. The SMILES string of the molecule is O=C(N[C@H]1C[C@H]2COC[C@@H](C1)N2Cc1ccc(F)cc1)c1nn(CC2CC2)c2ccccc12. The van der Waals surface area contributed by atoms with Gasteiger partial charge in [-0.25, -0.2) is 4.39 Å². The number of hydrogen-bond donors (Lipinski definition) is 1. The van der Waals surface area contributed by atoms with Crippen molar-refractivity contribution in [2.45, 2.75) is 56.9 Å². The van der Waals surface area contributed by atoms with E-state index >= 15 is 0 Å². The summed E-state index contributed by atoms with van der Waals surface area (Å²) < 4.78 is 21.1. The molecule has 33 heavy (non-hydrogen) atoms. The van der Waals surface area contributed by atoms with Crippen LogP contribution in [0.15, 0.2) is 48.5 Å². The summed E-state index contributed by atoms with van der Waals surface area (Å²) in [7, 11) is 0. The zero-order valence-corrected chi connectivity index (χ0v) is 18.6. The standard InChI is InChI=1S/C26H29FN4O2/c27-19-9-7-17(8-10-19)13-30-21-11-20(12-22(30)16-33-15-21)28-26(32)25-23-3-1-2-4-24(23)31(29-25)14-18-5-6-18/h1-4,7-10,18,20-22H,5-6,11-16H2,(H,28,32)/t20-,21-,22+. The first-order valence-corrected chi connectivity index (χ1v) is 12.0. The maximum absolute atomic E-state index is 13.3. The van der Waals surface area contributed by atoms with Crippen LogP contribution in [-0.4, -0.2) is 51.9 Å². The van der Waals surface area contributed by atoms with Crippen molar-refractivity contribution in [2.24, 2.45) is 5.92 Å². The first-order chi connectivity index (χ1) is 16.1. The van der Waals surface area contributed by atoms with Crippen LogP contribution in [0.25, 0.3) is 10.9 Å². The molecule has 1 N–H and O–H groups in total. The highest BCUT2D eigenvalue weighted by atomic mass is 19.1. The number of benzene rings is 2. The molecule has 0 spiro atoms. The van der Waals surface area contributed by atoms with Gasteiger partial charge in [0.25, 0.3) is 5.91 Å². The van der Waals surface area contributed by atoms with E-state index in [0.29, 0.717) is 24.8 Å². The lowest BCUT2D eigenvalue weighted by atomic mass is 9.89. The number of carbonyl (C=O) groups excluding carboxylic acids is 1. The number of aromatic nitrogens is 2. The van der Waals surface area contributed by atoms with Crippen molar-refractivity contribution in [3.63, 3.8) is 0 Å². The van der Waals surface area contributed by atoms with Gasteiger partial charge in [-0.3, -0.25) is 14.4 Å². The normalized spacial score (nSPS) is 25.3. The molecule has 1 saturated carbocycles. The molecular weight excluding hydrogens is 419 g/mol. The average Bonchev–Trinajstić information content (AvgIpc) is 3.55. The van der Waals surface area contributed by atoms with Gasteiger partial charge in [-0.1, -0.05) is 30.3 Å². The van der Waals surface area contributed by atoms with Crippen LogP contribution in [0.3, 0.4) is 0 Å². The summed E-state index contributed by atoms with van der Waals surface area (Å²) in [5, 5.41) is 8.93. The molecule has 172 valence electrons. The third-order valence-electron chi connectivity index (χ3n) is 7.29. The highest BCUT2D eigenvalue weighted by molar-refractivity contribution is 6.05. The molecule has 3 fully saturated rings. The molecule has 2 aromatic carbocycles. The third-order valence-corrected chi connectivity index (χ3v) is 7.29. The minimum atomic E-state index is -0.212. The maximum Gasteiger partial charge on any atom is 0.272 e. The zero-order chi connectivity index (χ0) is 22.4. The second-order valence-corrected chi connectivity index (χ2v) is 9.78. The van der Waals surface area contributed by atoms with E-state index in [-0.39, 0.29) is 29.8 Å². The van der Waals surface area contributed by atoms with Gasteiger partial charge in [-0.05, 0) is 55.4 Å². The quantitative estimate of drug-likeness (QED) is 0.624. The number of hydrogen-bond acceptors (Lipinski definition) is 4. The number of carbonyl (C=O) groups is 1. The molecule has 0 unspecified atom stereocenters. The number of morpholine rings is 1. The van der Waals surface area contributed by atoms with E-state index in [1.807, 2.05) is 35.0 Å². The third kappa shape index (κ3) is 4.27. The Morgan fingerprint density at radius 1 is 1.06 bits per heavy atom. The number of halogens is 1. The molecule has 3 aromatic rings. The molecule has 1 amide bonds. The van der Waals surface area contributed by atoms with Crippen LogP contribution in [0.5, 0.6) is 0 Å². The number of amides is 1. The fraction of sp³-hybridized carbons (Fsp3) is 0.462. The summed E-state index contributed by atoms with van der Waals surface area (Å²) in [6, 6.07) is 15.3. The molecule has 6 rings (SSSR count). The molecule has 3 heterocycles. The Balaban J connectivity index is 1.17. The fourth-order valence-electron chi connectivity index (χ4n) is 5.40. The van der Waals surface area contributed by atoms with Crippen molar-refractivity contribution in [1.29, 1.82) is 0 Å². The van der Waals surface area contributed by atoms with Crippen molar-refractivity contribution in [2.75, 3.05) is 13.2 Å². The van der Waals surface area contributed by atoms with Crippen LogP contribution >= 0.6 is 0 Å². The monoisotopic (exact) mass is 448 g/mol. The van der Waals surface area contributed by atoms with Gasteiger partial charge < -0.3 is 10.1 Å². The number of fused-ring (bicyclic) bond motifs is 3. The summed E-state index contributed by atoms with van der Waals surface area (Å²) in [6.45, 7) is 2.97. The van der Waals surface area contributed by atoms with Crippen LogP contribution in [0.2, 0.25) is 0 Å². The van der Waals surface area contributed by atoms with Gasteiger partial charge in [-0.2, -0.15) is 5.10 Å². The fourth-order valence-corrected chi connectivity index (χ4v) is 5.40. The Hall–Kier alpha value is -2.77. The molecule has 7 heteroatoms. The van der Waals surface area contributed by atoms with Crippen molar-refractivity contribution in [1.82, 2.24) is 20.0 Å². The van der Waals surface area contributed by atoms with E-state index in [0.717, 1.165) is 42.4 Å². The number of ether oxygens (including phenoxy) is 1. The van der Waals surface area contributed by atoms with Gasteiger partial charge in [-0.15, -0.1) is 0 Å². The Morgan fingerprint density at radius 2 is 1.79 bits per heavy atom. The molecular formula is C26H29FN4O2. The predicted molar refractivity (Wildman–Crippen MR) is 123 cm³/mol. The summed E-state index contributed by atoms with van der Waals surface area (Å²) in [5.74, 6) is 0.390. The van der Waals surface area contributed by atoms with Gasteiger partial charge >= 0.3 is 0 Å². The number of rotatable bonds is 6. The highest BCUT2D eigenvalue weighted by Gasteiger charge is 2.39. The minimum absolute atomic E-state index is 0.0864. The highest BCUT2D eigenvalue weighted by Crippen LogP contribution is 2.33. The molecule has 2 saturated heterocycles. The van der Waals surface area contributed by atoms with E-state index in [4.69, 9.17) is 9.84 Å². The predicted octanol–water partition coefficient (Wildman–Crippen LogP) is 3.75. The van der Waals surface area contributed by atoms with Crippen LogP contribution in [0.1, 0.15) is 41.7 Å². The summed E-state index contributed by atoms with van der Waals surface area (Å²) in [5.41, 5.74) is 2.67. The average molecular weight is 449 g/mol. The second-order valence-electron chi connectivity index (χ2n) is 9.78. The van der Waals surface area contributed by atoms with E-state index in [1.54, 1.807) is 0 Å². The largest absolute Gasteiger partial charge is 0.378 e. The lowest BCUT2D eigenvalue weighted by Gasteiger charge is -2.48. The van der Waals surface area contributed by atoms with Crippen molar-refractivity contribution in [3.8, 4) is 0 Å². The molecule has 3 aliphatic rings. The smallest absolute Gasteiger partial charge is 0.272 e. The molecule has 6 nitrogen and oxygen atoms in total. The van der Waals surface area contributed by atoms with Crippen LogP contribution in [0, 0.1) is 11.7 Å². The summed E-state index contributed by atoms with van der Waals surface area (Å²) >= 11 is 0. The Labute approximate surface area is 192 Å². The van der Waals surface area contributed by atoms with Gasteiger partial charge in [0.2, 0.25) is 0 Å². The van der Waals surface area contributed by atoms with Gasteiger partial charge in [0.15, 0.2) is 5.69 Å². The lowest BCUT2D eigenvalue weighted by molar-refractivity contribution is -0.0843. The molecule has 3 atom stereocenters. The Morgan fingerprint density at radius 3 is 2.52 bits per heavy atom. The van der Waals surface area contributed by atoms with Crippen LogP contribution < -0.4 is 5.32 Å². The van der Waals surface area contributed by atoms with E-state index in [1.165, 1.54) is 25.0 Å². The molecule has 0 radical (unpaired) electrons. The number of piperidine rings is 1. The van der Waals surface area contributed by atoms with E-state index < -0.39 is 0 Å². The van der Waals surface area contributed by atoms with Crippen molar-refractivity contribution in [3.05, 3.63) is 65.6 Å². The summed E-state index contributed by atoms with van der Waals surface area (Å²) in [4.78, 5) is 15.8. The topological polar surface area (TPSA) is 59.4 Å². The first kappa shape index (κ1) is 20.8.